The van der Waals surface area contributed by atoms with E-state index in [1.54, 1.807) is 43.3 Å². The fourth-order valence-corrected chi connectivity index (χ4v) is 2.67. The molecule has 0 bridgehead atoms. The van der Waals surface area contributed by atoms with Gasteiger partial charge in [0.2, 0.25) is 0 Å². The number of rotatable bonds is 4. The van der Waals surface area contributed by atoms with Crippen molar-refractivity contribution in [2.45, 2.75) is 13.0 Å². The van der Waals surface area contributed by atoms with E-state index < -0.39 is 11.9 Å². The fraction of sp³-hybridized carbons (Fsp3) is 0.118. The highest BCUT2D eigenvalue weighted by molar-refractivity contribution is 6.42. The lowest BCUT2D eigenvalue weighted by molar-refractivity contribution is -0.117. The molecule has 0 saturated carbocycles. The van der Waals surface area contributed by atoms with Crippen molar-refractivity contribution in [2.75, 3.05) is 5.01 Å². The molecule has 7 nitrogen and oxygen atoms in total. The van der Waals surface area contributed by atoms with Crippen molar-refractivity contribution in [1.29, 1.82) is 0 Å². The molecule has 1 atom stereocenters. The number of nitrogens with zero attached hydrogens (tertiary/aromatic N) is 4. The van der Waals surface area contributed by atoms with Crippen molar-refractivity contribution < 1.29 is 9.59 Å². The summed E-state index contributed by atoms with van der Waals surface area (Å²) in [6.07, 6.45) is 0. The summed E-state index contributed by atoms with van der Waals surface area (Å²) in [4.78, 5) is 24.1. The highest BCUT2D eigenvalue weighted by Gasteiger charge is 2.35. The topological polar surface area (TPSA) is 100 Å². The van der Waals surface area contributed by atoms with Crippen molar-refractivity contribution >= 4 is 52.1 Å². The first-order valence-electron chi connectivity index (χ1n) is 7.52. The number of amides is 2. The van der Waals surface area contributed by atoms with Crippen molar-refractivity contribution in [3.63, 3.8) is 0 Å². The molecule has 2 amide bonds. The Morgan fingerprint density at radius 2 is 1.92 bits per heavy atom. The second kappa shape index (κ2) is 7.23. The van der Waals surface area contributed by atoms with Crippen LogP contribution in [-0.4, -0.2) is 23.6 Å². The van der Waals surface area contributed by atoms with Gasteiger partial charge in [0.15, 0.2) is 6.04 Å². The molecular weight excluding hydrogens is 377 g/mol. The summed E-state index contributed by atoms with van der Waals surface area (Å²) in [6.45, 7) is 1.67. The normalized spacial score (nSPS) is 17.0. The molecule has 26 heavy (non-hydrogen) atoms. The summed E-state index contributed by atoms with van der Waals surface area (Å²) in [5.74, 6) is -1.01. The number of carbonyl (C=O) groups is 2. The molecule has 2 aromatic rings. The third-order valence-electron chi connectivity index (χ3n) is 3.69. The van der Waals surface area contributed by atoms with Gasteiger partial charge in [-0.2, -0.15) is 20.3 Å². The molecule has 1 unspecified atom stereocenters. The zero-order chi connectivity index (χ0) is 18.8. The van der Waals surface area contributed by atoms with Gasteiger partial charge in [-0.3, -0.25) is 9.59 Å². The number of hydrazone groups is 1. The molecule has 0 aromatic heterocycles. The zero-order valence-corrected chi connectivity index (χ0v) is 15.1. The van der Waals surface area contributed by atoms with E-state index >= 15 is 0 Å². The Labute approximate surface area is 159 Å². The van der Waals surface area contributed by atoms with Gasteiger partial charge in [0.25, 0.3) is 11.8 Å². The van der Waals surface area contributed by atoms with Crippen LogP contribution in [0.25, 0.3) is 0 Å². The highest BCUT2D eigenvalue weighted by atomic mass is 35.5. The number of primary amides is 1. The lowest BCUT2D eigenvalue weighted by Gasteiger charge is -2.13. The van der Waals surface area contributed by atoms with Crippen LogP contribution in [0.2, 0.25) is 10.0 Å². The Morgan fingerprint density at radius 1 is 1.19 bits per heavy atom. The minimum atomic E-state index is -0.898. The van der Waals surface area contributed by atoms with Gasteiger partial charge >= 0.3 is 0 Å². The molecule has 0 aliphatic carbocycles. The SMILES string of the molecule is CC1=NN(c2ccc(Cl)c(Cl)c2)C(=O)C1N=Nc1ccccc1C(N)=O. The minimum absolute atomic E-state index is 0.220. The predicted molar refractivity (Wildman–Crippen MR) is 100 cm³/mol. The predicted octanol–water partition coefficient (Wildman–Crippen LogP) is 3.97. The lowest BCUT2D eigenvalue weighted by atomic mass is 10.2. The number of hydrogen-bond acceptors (Lipinski definition) is 5. The van der Waals surface area contributed by atoms with Crippen LogP contribution in [0.5, 0.6) is 0 Å². The van der Waals surface area contributed by atoms with Crippen LogP contribution in [0.3, 0.4) is 0 Å². The summed E-state index contributed by atoms with van der Waals surface area (Å²) in [6, 6.07) is 10.3. The number of halogens is 2. The summed E-state index contributed by atoms with van der Waals surface area (Å²) < 4.78 is 0. The van der Waals surface area contributed by atoms with Crippen LogP contribution in [-0.2, 0) is 4.79 Å². The van der Waals surface area contributed by atoms with Gasteiger partial charge < -0.3 is 5.73 Å². The van der Waals surface area contributed by atoms with Crippen LogP contribution in [0.1, 0.15) is 17.3 Å². The molecule has 0 radical (unpaired) electrons. The molecule has 0 fully saturated rings. The number of hydrogen-bond donors (Lipinski definition) is 1. The average molecular weight is 390 g/mol. The molecule has 1 aliphatic rings. The van der Waals surface area contributed by atoms with Crippen molar-refractivity contribution in [1.82, 2.24) is 0 Å². The maximum absolute atomic E-state index is 12.6. The Bertz CT molecular complexity index is 958. The Kier molecular flexibility index (Phi) is 5.01. The monoisotopic (exact) mass is 389 g/mol. The molecule has 2 aromatic carbocycles. The van der Waals surface area contributed by atoms with Crippen LogP contribution in [0, 0.1) is 0 Å². The molecule has 3 rings (SSSR count). The zero-order valence-electron chi connectivity index (χ0n) is 13.6. The van der Waals surface area contributed by atoms with Crippen molar-refractivity contribution in [2.24, 2.45) is 21.1 Å². The Hall–Kier alpha value is -2.77. The van der Waals surface area contributed by atoms with Gasteiger partial charge in [-0.1, -0.05) is 35.3 Å². The number of benzene rings is 2. The second-order valence-electron chi connectivity index (χ2n) is 5.49. The van der Waals surface area contributed by atoms with E-state index in [1.165, 1.54) is 11.1 Å². The van der Waals surface area contributed by atoms with E-state index in [2.05, 4.69) is 15.3 Å². The first-order chi connectivity index (χ1) is 12.4. The number of azo groups is 1. The van der Waals surface area contributed by atoms with Gasteiger partial charge in [0.1, 0.15) is 0 Å². The van der Waals surface area contributed by atoms with E-state index in [-0.39, 0.29) is 17.2 Å². The second-order valence-corrected chi connectivity index (χ2v) is 6.30. The van der Waals surface area contributed by atoms with Crippen molar-refractivity contribution in [3.05, 3.63) is 58.1 Å². The summed E-state index contributed by atoms with van der Waals surface area (Å²) in [5, 5.41) is 14.2. The minimum Gasteiger partial charge on any atom is -0.366 e. The van der Waals surface area contributed by atoms with Crippen LogP contribution in [0.4, 0.5) is 11.4 Å². The largest absolute Gasteiger partial charge is 0.366 e. The van der Waals surface area contributed by atoms with Gasteiger partial charge in [0, 0.05) is 0 Å². The van der Waals surface area contributed by atoms with Crippen LogP contribution < -0.4 is 10.7 Å². The smallest absolute Gasteiger partial charge is 0.280 e. The first-order valence-corrected chi connectivity index (χ1v) is 8.28. The van der Waals surface area contributed by atoms with Crippen LogP contribution in [0.15, 0.2) is 57.8 Å². The van der Waals surface area contributed by atoms with E-state index in [1.807, 2.05) is 0 Å². The molecule has 2 N–H and O–H groups in total. The number of carbonyl (C=O) groups excluding carboxylic acids is 2. The Morgan fingerprint density at radius 3 is 2.62 bits per heavy atom. The summed E-state index contributed by atoms with van der Waals surface area (Å²) >= 11 is 11.9. The Balaban J connectivity index is 1.87. The maximum atomic E-state index is 12.6. The summed E-state index contributed by atoms with van der Waals surface area (Å²) in [5.41, 5.74) is 6.75. The summed E-state index contributed by atoms with van der Waals surface area (Å²) in [7, 11) is 0. The van der Waals surface area contributed by atoms with E-state index in [4.69, 9.17) is 28.9 Å². The van der Waals surface area contributed by atoms with Gasteiger partial charge in [-0.05, 0) is 37.3 Å². The lowest BCUT2D eigenvalue weighted by Crippen LogP contribution is -2.29. The standard InChI is InChI=1S/C17H13Cl2N5O2/c1-9-15(22-21-14-5-3-2-4-11(14)16(20)25)17(26)24(23-9)10-6-7-12(18)13(19)8-10/h2-8,15H,1H3,(H2,20,25). The van der Waals surface area contributed by atoms with Gasteiger partial charge in [-0.15, -0.1) is 0 Å². The molecule has 132 valence electrons. The van der Waals surface area contributed by atoms with Crippen molar-refractivity contribution in [3.8, 4) is 0 Å². The fourth-order valence-electron chi connectivity index (χ4n) is 2.38. The molecule has 1 aliphatic heterocycles. The maximum Gasteiger partial charge on any atom is 0.280 e. The van der Waals surface area contributed by atoms with E-state index in [9.17, 15) is 9.59 Å². The third-order valence-corrected chi connectivity index (χ3v) is 4.43. The van der Waals surface area contributed by atoms with E-state index in [0.29, 0.717) is 21.4 Å². The molecule has 1 heterocycles. The molecule has 0 spiro atoms. The number of nitrogens with two attached hydrogens (primary N) is 1. The van der Waals surface area contributed by atoms with Gasteiger partial charge in [0.05, 0.1) is 32.7 Å². The third kappa shape index (κ3) is 3.44. The average Bonchev–Trinajstić information content (AvgIpc) is 2.90. The van der Waals surface area contributed by atoms with Crippen LogP contribution >= 0.6 is 23.2 Å². The molecule has 9 heteroatoms. The quantitative estimate of drug-likeness (QED) is 0.799. The molecular formula is C17H13Cl2N5O2. The molecule has 0 saturated heterocycles. The first kappa shape index (κ1) is 18.0. The highest BCUT2D eigenvalue weighted by Crippen LogP contribution is 2.30. The van der Waals surface area contributed by atoms with Gasteiger partial charge in [-0.25, -0.2) is 0 Å². The van der Waals surface area contributed by atoms with E-state index in [0.717, 1.165) is 0 Å². The number of anilines is 1.